The second-order valence-electron chi connectivity index (χ2n) is 3.98. The summed E-state index contributed by atoms with van der Waals surface area (Å²) in [5.74, 6) is 0. The number of H-pyrrole nitrogens is 1. The maximum absolute atomic E-state index is 3.89. The van der Waals surface area contributed by atoms with Gasteiger partial charge in [-0.15, -0.1) is 5.10 Å². The third-order valence-electron chi connectivity index (χ3n) is 2.84. The Morgan fingerprint density at radius 2 is 2.29 bits per heavy atom. The number of hydrogen-bond donors (Lipinski definition) is 2. The molecule has 2 heterocycles. The second kappa shape index (κ2) is 3.93. The fourth-order valence-corrected chi connectivity index (χ4v) is 1.83. The number of aromatic nitrogens is 4. The van der Waals surface area contributed by atoms with Gasteiger partial charge in [-0.1, -0.05) is 5.21 Å². The highest BCUT2D eigenvalue weighted by Gasteiger charge is 2.00. The number of rotatable bonds is 3. The third kappa shape index (κ3) is 1.87. The highest BCUT2D eigenvalue weighted by Crippen LogP contribution is 2.18. The van der Waals surface area contributed by atoms with E-state index < -0.39 is 0 Å². The Bertz CT molecular complexity index is 637. The molecule has 5 nitrogen and oxygen atoms in total. The predicted octanol–water partition coefficient (Wildman–Crippen LogP) is 1.91. The van der Waals surface area contributed by atoms with E-state index in [0.29, 0.717) is 0 Å². The molecule has 0 saturated heterocycles. The van der Waals surface area contributed by atoms with E-state index in [1.165, 1.54) is 5.39 Å². The Kier molecular flexibility index (Phi) is 2.29. The van der Waals surface area contributed by atoms with Gasteiger partial charge in [0.25, 0.3) is 0 Å². The number of nitrogens with one attached hydrogen (secondary N) is 2. The molecule has 0 atom stereocenters. The second-order valence-corrected chi connectivity index (χ2v) is 3.98. The number of hydrogen-bond acceptors (Lipinski definition) is 3. The normalized spacial score (nSPS) is 10.9. The molecule has 0 aliphatic carbocycles. The van der Waals surface area contributed by atoms with Crippen LogP contribution < -0.4 is 5.32 Å². The van der Waals surface area contributed by atoms with Crippen LogP contribution in [0, 0.1) is 0 Å². The van der Waals surface area contributed by atoms with E-state index in [0.717, 1.165) is 23.4 Å². The van der Waals surface area contributed by atoms with Crippen molar-refractivity contribution in [2.24, 2.45) is 7.05 Å². The maximum atomic E-state index is 3.89. The Hall–Kier alpha value is -2.30. The highest BCUT2D eigenvalue weighted by molar-refractivity contribution is 5.82. The Balaban J connectivity index is 1.78. The van der Waals surface area contributed by atoms with Gasteiger partial charge >= 0.3 is 0 Å². The quantitative estimate of drug-likeness (QED) is 0.718. The van der Waals surface area contributed by atoms with Crippen LogP contribution in [0.3, 0.4) is 0 Å². The molecule has 0 amide bonds. The number of fused-ring (bicyclic) bond motifs is 1. The molecular formula is C12H13N5. The minimum atomic E-state index is 0.722. The molecule has 5 heteroatoms. The van der Waals surface area contributed by atoms with Crippen LogP contribution in [0.4, 0.5) is 5.69 Å². The summed E-state index contributed by atoms with van der Waals surface area (Å²) in [5, 5.41) is 12.3. The topological polar surface area (TPSA) is 58.5 Å². The molecule has 86 valence electrons. The van der Waals surface area contributed by atoms with Gasteiger partial charge in [-0.2, -0.15) is 0 Å². The van der Waals surface area contributed by atoms with E-state index in [-0.39, 0.29) is 0 Å². The minimum Gasteiger partial charge on any atom is -0.379 e. The summed E-state index contributed by atoms with van der Waals surface area (Å²) in [7, 11) is 1.89. The minimum absolute atomic E-state index is 0.722. The predicted molar refractivity (Wildman–Crippen MR) is 66.6 cm³/mol. The van der Waals surface area contributed by atoms with Gasteiger partial charge in [0.2, 0.25) is 0 Å². The van der Waals surface area contributed by atoms with Crippen LogP contribution in [0.1, 0.15) is 5.69 Å². The molecule has 17 heavy (non-hydrogen) atoms. The smallest absolute Gasteiger partial charge is 0.0774 e. The van der Waals surface area contributed by atoms with Crippen molar-refractivity contribution in [1.82, 2.24) is 20.0 Å². The maximum Gasteiger partial charge on any atom is 0.0774 e. The van der Waals surface area contributed by atoms with Gasteiger partial charge in [0.05, 0.1) is 18.4 Å². The molecule has 0 bridgehead atoms. The first-order valence-electron chi connectivity index (χ1n) is 5.47. The van der Waals surface area contributed by atoms with Crippen molar-refractivity contribution in [2.75, 3.05) is 5.32 Å². The van der Waals surface area contributed by atoms with E-state index >= 15 is 0 Å². The van der Waals surface area contributed by atoms with Gasteiger partial charge in [-0.25, -0.2) is 0 Å². The molecule has 0 saturated carbocycles. The van der Waals surface area contributed by atoms with Crippen molar-refractivity contribution in [3.05, 3.63) is 42.4 Å². The Labute approximate surface area is 98.5 Å². The summed E-state index contributed by atoms with van der Waals surface area (Å²) >= 11 is 0. The molecule has 1 aromatic carbocycles. The summed E-state index contributed by atoms with van der Waals surface area (Å²) < 4.78 is 1.77. The summed E-state index contributed by atoms with van der Waals surface area (Å²) in [6, 6.07) is 8.31. The van der Waals surface area contributed by atoms with Crippen molar-refractivity contribution in [3.63, 3.8) is 0 Å². The van der Waals surface area contributed by atoms with E-state index in [4.69, 9.17) is 0 Å². The van der Waals surface area contributed by atoms with Crippen molar-refractivity contribution < 1.29 is 0 Å². The average Bonchev–Trinajstić information content (AvgIpc) is 2.94. The summed E-state index contributed by atoms with van der Waals surface area (Å²) in [6.07, 6.45) is 3.71. The first kappa shape index (κ1) is 9.89. The number of nitrogens with zero attached hydrogens (tertiary/aromatic N) is 3. The van der Waals surface area contributed by atoms with Gasteiger partial charge in [0.1, 0.15) is 0 Å². The van der Waals surface area contributed by atoms with E-state index in [1.807, 2.05) is 13.2 Å². The largest absolute Gasteiger partial charge is 0.379 e. The van der Waals surface area contributed by atoms with Gasteiger partial charge in [0.15, 0.2) is 0 Å². The van der Waals surface area contributed by atoms with Crippen molar-refractivity contribution >= 4 is 16.6 Å². The summed E-state index contributed by atoms with van der Waals surface area (Å²) in [6.45, 7) is 0.722. The molecule has 3 rings (SSSR count). The highest BCUT2D eigenvalue weighted by atomic mass is 15.4. The molecule has 0 spiro atoms. The summed E-state index contributed by atoms with van der Waals surface area (Å²) in [4.78, 5) is 3.17. The Morgan fingerprint density at radius 1 is 1.35 bits per heavy atom. The van der Waals surface area contributed by atoms with Crippen LogP contribution in [-0.2, 0) is 13.6 Å². The van der Waals surface area contributed by atoms with Crippen molar-refractivity contribution in [1.29, 1.82) is 0 Å². The fourth-order valence-electron chi connectivity index (χ4n) is 1.83. The van der Waals surface area contributed by atoms with Crippen molar-refractivity contribution in [3.8, 4) is 0 Å². The average molecular weight is 227 g/mol. The zero-order chi connectivity index (χ0) is 11.7. The first-order chi connectivity index (χ1) is 8.33. The Morgan fingerprint density at radius 3 is 3.12 bits per heavy atom. The number of anilines is 1. The van der Waals surface area contributed by atoms with Crippen LogP contribution in [-0.4, -0.2) is 20.0 Å². The SMILES string of the molecule is Cn1nncc1CNc1ccc2[nH]ccc2c1. The van der Waals surface area contributed by atoms with Crippen LogP contribution in [0.5, 0.6) is 0 Å². The lowest BCUT2D eigenvalue weighted by Gasteiger charge is -2.06. The van der Waals surface area contributed by atoms with E-state index in [1.54, 1.807) is 10.9 Å². The summed E-state index contributed by atoms with van der Waals surface area (Å²) in [5.41, 5.74) is 3.30. The van der Waals surface area contributed by atoms with Crippen molar-refractivity contribution in [2.45, 2.75) is 6.54 Å². The molecule has 0 fully saturated rings. The van der Waals surface area contributed by atoms with Crippen LogP contribution in [0.15, 0.2) is 36.7 Å². The third-order valence-corrected chi connectivity index (χ3v) is 2.84. The van der Waals surface area contributed by atoms with Crippen LogP contribution in [0.2, 0.25) is 0 Å². The lowest BCUT2D eigenvalue weighted by Crippen LogP contribution is -2.05. The molecule has 0 radical (unpaired) electrons. The van der Waals surface area contributed by atoms with Gasteiger partial charge in [-0.05, 0) is 24.3 Å². The van der Waals surface area contributed by atoms with E-state index in [2.05, 4.69) is 44.9 Å². The zero-order valence-corrected chi connectivity index (χ0v) is 9.51. The van der Waals surface area contributed by atoms with Crippen LogP contribution >= 0.6 is 0 Å². The van der Waals surface area contributed by atoms with E-state index in [9.17, 15) is 0 Å². The first-order valence-corrected chi connectivity index (χ1v) is 5.47. The molecule has 0 aliphatic rings. The number of aromatic amines is 1. The molecule has 2 aromatic heterocycles. The molecule has 3 aromatic rings. The lowest BCUT2D eigenvalue weighted by atomic mass is 10.2. The van der Waals surface area contributed by atoms with Crippen LogP contribution in [0.25, 0.3) is 10.9 Å². The van der Waals surface area contributed by atoms with Gasteiger partial charge in [-0.3, -0.25) is 4.68 Å². The molecular weight excluding hydrogens is 214 g/mol. The molecule has 2 N–H and O–H groups in total. The lowest BCUT2D eigenvalue weighted by molar-refractivity contribution is 0.683. The zero-order valence-electron chi connectivity index (χ0n) is 9.51. The fraction of sp³-hybridized carbons (Fsp3) is 0.167. The molecule has 0 unspecified atom stereocenters. The standard InChI is InChI=1S/C12H13N5/c1-17-11(8-15-16-17)7-14-10-2-3-12-9(6-10)4-5-13-12/h2-6,8,13-14H,7H2,1H3. The monoisotopic (exact) mass is 227 g/mol. The van der Waals surface area contributed by atoms with Gasteiger partial charge in [0, 0.05) is 29.8 Å². The number of benzene rings is 1. The molecule has 0 aliphatic heterocycles. The van der Waals surface area contributed by atoms with Gasteiger partial charge < -0.3 is 10.3 Å². The number of aryl methyl sites for hydroxylation is 1.